The number of rotatable bonds is 7. The molecule has 0 heterocycles. The number of azo groups is 1. The van der Waals surface area contributed by atoms with Crippen LogP contribution in [0.5, 0.6) is 11.5 Å². The lowest BCUT2D eigenvalue weighted by Gasteiger charge is -2.14. The highest BCUT2D eigenvalue weighted by molar-refractivity contribution is 7.86. The Bertz CT molecular complexity index is 1710. The molecule has 1 amide bonds. The molecule has 12 heteroatoms. The number of phenolic OH excluding ortho intramolecular Hbond substituents is 1. The Balaban J connectivity index is 1.83. The molecule has 38 heavy (non-hydrogen) atoms. The van der Waals surface area contributed by atoms with Gasteiger partial charge in [-0.1, -0.05) is 60.5 Å². The SMILES string of the molecule is CCc1cc(S(=O)(=O)O)c(Cl)cc1N=Nc1c(O)c(C(=O)Nc2c(Cl)cccc2OC)cc2ccccc12. The Hall–Kier alpha value is -3.70. The smallest absolute Gasteiger partial charge is 0.296 e. The molecule has 0 spiro atoms. The minimum absolute atomic E-state index is 0.0106. The number of amides is 1. The second kappa shape index (κ2) is 11.0. The van der Waals surface area contributed by atoms with E-state index in [-0.39, 0.29) is 32.7 Å². The number of benzene rings is 4. The summed E-state index contributed by atoms with van der Waals surface area (Å²) in [6.07, 6.45) is 0.350. The summed E-state index contributed by atoms with van der Waals surface area (Å²) in [5.41, 5.74) is 0.823. The molecule has 4 aromatic rings. The largest absolute Gasteiger partial charge is 0.505 e. The first-order valence-electron chi connectivity index (χ1n) is 11.1. The number of anilines is 1. The molecule has 0 aliphatic rings. The fourth-order valence-electron chi connectivity index (χ4n) is 3.83. The number of hydrogen-bond donors (Lipinski definition) is 3. The topological polar surface area (TPSA) is 138 Å². The minimum Gasteiger partial charge on any atom is -0.505 e. The minimum atomic E-state index is -4.54. The molecule has 4 aromatic carbocycles. The fourth-order valence-corrected chi connectivity index (χ4v) is 5.09. The number of phenols is 1. The summed E-state index contributed by atoms with van der Waals surface area (Å²) >= 11 is 12.3. The molecular weight excluding hydrogens is 553 g/mol. The standard InChI is InChI=1S/C26H21Cl2N3O6S/c1-3-14-12-22(38(34,35)36)19(28)13-20(14)30-31-23-16-8-5-4-7-15(16)11-17(25(23)32)26(33)29-24-18(27)9-6-10-21(24)37-2/h4-13,32H,3H2,1-2H3,(H,29,33)(H,34,35,36). The maximum absolute atomic E-state index is 13.2. The van der Waals surface area contributed by atoms with Crippen molar-refractivity contribution in [3.8, 4) is 11.5 Å². The van der Waals surface area contributed by atoms with Crippen LogP contribution in [0.3, 0.4) is 0 Å². The van der Waals surface area contributed by atoms with Crippen molar-refractivity contribution in [1.29, 1.82) is 0 Å². The van der Waals surface area contributed by atoms with Crippen molar-refractivity contribution in [3.05, 3.63) is 81.8 Å². The molecule has 0 radical (unpaired) electrons. The van der Waals surface area contributed by atoms with Crippen LogP contribution < -0.4 is 10.1 Å². The molecule has 0 aliphatic carbocycles. The van der Waals surface area contributed by atoms with Crippen LogP contribution in [0.1, 0.15) is 22.8 Å². The third-order valence-electron chi connectivity index (χ3n) is 5.72. The first-order valence-corrected chi connectivity index (χ1v) is 13.3. The number of carbonyl (C=O) groups is 1. The van der Waals surface area contributed by atoms with Gasteiger partial charge in [0.25, 0.3) is 16.0 Å². The third kappa shape index (κ3) is 5.44. The molecule has 0 unspecified atom stereocenters. The van der Waals surface area contributed by atoms with Crippen molar-refractivity contribution in [2.24, 2.45) is 10.2 Å². The molecule has 0 saturated carbocycles. The Morgan fingerprint density at radius 3 is 2.45 bits per heavy atom. The number of methoxy groups -OCH3 is 1. The summed E-state index contributed by atoms with van der Waals surface area (Å²) < 4.78 is 38.0. The number of halogens is 2. The third-order valence-corrected chi connectivity index (χ3v) is 7.36. The molecular formula is C26H21Cl2N3O6S. The van der Waals surface area contributed by atoms with Gasteiger partial charge >= 0.3 is 0 Å². The van der Waals surface area contributed by atoms with Crippen molar-refractivity contribution in [1.82, 2.24) is 0 Å². The lowest BCUT2D eigenvalue weighted by molar-refractivity contribution is 0.102. The molecule has 3 N–H and O–H groups in total. The monoisotopic (exact) mass is 573 g/mol. The van der Waals surface area contributed by atoms with E-state index in [0.29, 0.717) is 28.5 Å². The van der Waals surface area contributed by atoms with Crippen LogP contribution in [0.4, 0.5) is 17.1 Å². The van der Waals surface area contributed by atoms with Gasteiger partial charge in [0.05, 0.1) is 28.4 Å². The number of hydrogen-bond acceptors (Lipinski definition) is 7. The molecule has 0 aliphatic heterocycles. The van der Waals surface area contributed by atoms with E-state index in [2.05, 4.69) is 15.5 Å². The summed E-state index contributed by atoms with van der Waals surface area (Å²) in [6.45, 7) is 1.76. The molecule has 0 atom stereocenters. The highest BCUT2D eigenvalue weighted by Crippen LogP contribution is 2.41. The average Bonchev–Trinajstić information content (AvgIpc) is 2.88. The van der Waals surface area contributed by atoms with Gasteiger partial charge in [-0.05, 0) is 47.7 Å². The van der Waals surface area contributed by atoms with Gasteiger partial charge < -0.3 is 15.2 Å². The second-order valence-electron chi connectivity index (χ2n) is 8.05. The van der Waals surface area contributed by atoms with E-state index in [4.69, 9.17) is 27.9 Å². The highest BCUT2D eigenvalue weighted by atomic mass is 35.5. The molecule has 9 nitrogen and oxygen atoms in total. The van der Waals surface area contributed by atoms with E-state index >= 15 is 0 Å². The predicted octanol–water partition coefficient (Wildman–Crippen LogP) is 7.34. The molecule has 0 fully saturated rings. The lowest BCUT2D eigenvalue weighted by Crippen LogP contribution is -2.13. The summed E-state index contributed by atoms with van der Waals surface area (Å²) in [7, 11) is -3.10. The summed E-state index contributed by atoms with van der Waals surface area (Å²) in [6, 6.07) is 15.8. The summed E-state index contributed by atoms with van der Waals surface area (Å²) in [4.78, 5) is 12.8. The van der Waals surface area contributed by atoms with Gasteiger partial charge in [0, 0.05) is 5.39 Å². The normalized spacial score (nSPS) is 11.7. The van der Waals surface area contributed by atoms with E-state index in [1.807, 2.05) is 0 Å². The Morgan fingerprint density at radius 1 is 1.03 bits per heavy atom. The highest BCUT2D eigenvalue weighted by Gasteiger charge is 2.21. The van der Waals surface area contributed by atoms with E-state index < -0.39 is 26.7 Å². The van der Waals surface area contributed by atoms with Gasteiger partial charge in [-0.2, -0.15) is 13.5 Å². The van der Waals surface area contributed by atoms with Gasteiger partial charge in [0.15, 0.2) is 5.75 Å². The molecule has 0 aromatic heterocycles. The Kier molecular flexibility index (Phi) is 7.89. The maximum atomic E-state index is 13.2. The van der Waals surface area contributed by atoms with Gasteiger partial charge in [-0.25, -0.2) is 0 Å². The second-order valence-corrected chi connectivity index (χ2v) is 10.3. The molecule has 4 rings (SSSR count). The van der Waals surface area contributed by atoms with Crippen LogP contribution in [0.25, 0.3) is 10.8 Å². The quantitative estimate of drug-likeness (QED) is 0.156. The summed E-state index contributed by atoms with van der Waals surface area (Å²) in [5, 5.41) is 23.3. The van der Waals surface area contributed by atoms with Crippen LogP contribution in [-0.4, -0.2) is 31.1 Å². The number of aryl methyl sites for hydroxylation is 1. The molecule has 0 saturated heterocycles. The van der Waals surface area contributed by atoms with Crippen LogP contribution in [0.15, 0.2) is 75.8 Å². The number of nitrogens with zero attached hydrogens (tertiary/aromatic N) is 2. The van der Waals surface area contributed by atoms with Gasteiger partial charge in [-0.3, -0.25) is 9.35 Å². The number of fused-ring (bicyclic) bond motifs is 1. The zero-order valence-corrected chi connectivity index (χ0v) is 22.4. The summed E-state index contributed by atoms with van der Waals surface area (Å²) in [5.74, 6) is -0.760. The van der Waals surface area contributed by atoms with Crippen molar-refractivity contribution in [2.45, 2.75) is 18.2 Å². The van der Waals surface area contributed by atoms with Gasteiger partial charge in [0.2, 0.25) is 0 Å². The number of carbonyl (C=O) groups excluding carboxylic acids is 1. The first-order chi connectivity index (χ1) is 18.0. The maximum Gasteiger partial charge on any atom is 0.296 e. The number of nitrogens with one attached hydrogen (secondary N) is 1. The van der Waals surface area contributed by atoms with Crippen LogP contribution in [0.2, 0.25) is 10.0 Å². The van der Waals surface area contributed by atoms with E-state index in [9.17, 15) is 22.9 Å². The molecule has 0 bridgehead atoms. The first kappa shape index (κ1) is 27.3. The zero-order chi connectivity index (χ0) is 27.6. The predicted molar refractivity (Wildman–Crippen MR) is 146 cm³/mol. The van der Waals surface area contributed by atoms with Crippen molar-refractivity contribution in [3.63, 3.8) is 0 Å². The molecule has 196 valence electrons. The van der Waals surface area contributed by atoms with Crippen molar-refractivity contribution >= 4 is 67.1 Å². The lowest BCUT2D eigenvalue weighted by atomic mass is 10.0. The zero-order valence-electron chi connectivity index (χ0n) is 20.1. The van der Waals surface area contributed by atoms with Gasteiger partial charge in [-0.15, -0.1) is 5.11 Å². The Labute approximate surface area is 228 Å². The number of aromatic hydroxyl groups is 1. The van der Waals surface area contributed by atoms with E-state index in [1.54, 1.807) is 49.4 Å². The average molecular weight is 574 g/mol. The van der Waals surface area contributed by atoms with Crippen LogP contribution in [0, 0.1) is 0 Å². The van der Waals surface area contributed by atoms with Crippen molar-refractivity contribution in [2.75, 3.05) is 12.4 Å². The number of para-hydroxylation sites is 1. The van der Waals surface area contributed by atoms with Crippen molar-refractivity contribution < 1.29 is 27.6 Å². The fraction of sp³-hybridized carbons (Fsp3) is 0.115. The van der Waals surface area contributed by atoms with E-state index in [0.717, 1.165) is 0 Å². The Morgan fingerprint density at radius 2 is 1.76 bits per heavy atom. The van der Waals surface area contributed by atoms with Crippen LogP contribution in [-0.2, 0) is 16.5 Å². The van der Waals surface area contributed by atoms with Crippen LogP contribution >= 0.6 is 23.2 Å². The van der Waals surface area contributed by atoms with Gasteiger partial charge in [0.1, 0.15) is 22.0 Å². The van der Waals surface area contributed by atoms with E-state index in [1.165, 1.54) is 25.3 Å². The number of ether oxygens (including phenoxy) is 1.